The maximum absolute atomic E-state index is 13.7. The summed E-state index contributed by atoms with van der Waals surface area (Å²) in [6, 6.07) is 3.72. The van der Waals surface area contributed by atoms with Gasteiger partial charge in [0.05, 0.1) is 5.56 Å². The molecule has 0 bridgehead atoms. The molecule has 6 heteroatoms. The van der Waals surface area contributed by atoms with Crippen LogP contribution in [0.5, 0.6) is 5.75 Å². The van der Waals surface area contributed by atoms with Crippen LogP contribution in [0.1, 0.15) is 25.8 Å². The molecule has 0 heterocycles. The lowest BCUT2D eigenvalue weighted by molar-refractivity contribution is -0.144. The van der Waals surface area contributed by atoms with Crippen LogP contribution in [0.3, 0.4) is 0 Å². The van der Waals surface area contributed by atoms with E-state index in [-0.39, 0.29) is 10.8 Å². The second-order valence-corrected chi connectivity index (χ2v) is 4.23. The van der Waals surface area contributed by atoms with Crippen molar-refractivity contribution >= 4 is 17.6 Å². The van der Waals surface area contributed by atoms with Crippen LogP contribution in [-0.4, -0.2) is 17.2 Å². The maximum atomic E-state index is 13.7. The van der Waals surface area contributed by atoms with Crippen molar-refractivity contribution in [2.45, 2.75) is 32.3 Å². The van der Waals surface area contributed by atoms with E-state index in [9.17, 15) is 13.6 Å². The molecule has 0 saturated heterocycles. The van der Waals surface area contributed by atoms with Crippen molar-refractivity contribution in [3.05, 3.63) is 28.8 Å². The molecule has 1 atom stereocenters. The third kappa shape index (κ3) is 3.32. The molecule has 0 spiro atoms. The number of rotatable bonds is 5. The fourth-order valence-electron chi connectivity index (χ4n) is 1.32. The summed E-state index contributed by atoms with van der Waals surface area (Å²) in [7, 11) is 0. The Labute approximate surface area is 108 Å². The molecule has 1 rings (SSSR count). The molecule has 0 fully saturated rings. The monoisotopic (exact) mass is 278 g/mol. The van der Waals surface area contributed by atoms with Crippen LogP contribution in [0.4, 0.5) is 8.78 Å². The lowest BCUT2D eigenvalue weighted by Crippen LogP contribution is -2.25. The summed E-state index contributed by atoms with van der Waals surface area (Å²) in [6.07, 6.45) is -1.64. The summed E-state index contributed by atoms with van der Waals surface area (Å²) in [4.78, 5) is 10.7. The Morgan fingerprint density at radius 3 is 2.67 bits per heavy atom. The highest BCUT2D eigenvalue weighted by molar-refractivity contribution is 6.30. The molecule has 0 aliphatic carbocycles. The number of halogens is 3. The van der Waals surface area contributed by atoms with Crippen LogP contribution >= 0.6 is 11.6 Å². The minimum atomic E-state index is -3.11. The van der Waals surface area contributed by atoms with E-state index in [2.05, 4.69) is 0 Å². The van der Waals surface area contributed by atoms with Gasteiger partial charge in [0.2, 0.25) is 0 Å². The van der Waals surface area contributed by atoms with Crippen molar-refractivity contribution in [1.29, 1.82) is 0 Å². The largest absolute Gasteiger partial charge is 0.479 e. The van der Waals surface area contributed by atoms with Crippen molar-refractivity contribution in [3.63, 3.8) is 0 Å². The van der Waals surface area contributed by atoms with Crippen molar-refractivity contribution < 1.29 is 23.4 Å². The van der Waals surface area contributed by atoms with E-state index in [1.165, 1.54) is 26.0 Å². The highest BCUT2D eigenvalue weighted by Gasteiger charge is 2.33. The molecule has 1 N–H and O–H groups in total. The summed E-state index contributed by atoms with van der Waals surface area (Å²) < 4.78 is 32.4. The summed E-state index contributed by atoms with van der Waals surface area (Å²) in [6.45, 7) is 2.59. The van der Waals surface area contributed by atoms with Crippen LogP contribution in [-0.2, 0) is 10.7 Å². The summed E-state index contributed by atoms with van der Waals surface area (Å²) in [5.74, 6) is -4.50. The molecule has 18 heavy (non-hydrogen) atoms. The van der Waals surface area contributed by atoms with Gasteiger partial charge in [0.15, 0.2) is 6.10 Å². The molecule has 0 aliphatic rings. The van der Waals surface area contributed by atoms with Crippen LogP contribution in [0.15, 0.2) is 18.2 Å². The average molecular weight is 279 g/mol. The maximum Gasteiger partial charge on any atom is 0.344 e. The quantitative estimate of drug-likeness (QED) is 0.893. The summed E-state index contributed by atoms with van der Waals surface area (Å²) >= 11 is 5.67. The lowest BCUT2D eigenvalue weighted by Gasteiger charge is -2.20. The van der Waals surface area contributed by atoms with E-state index in [0.717, 1.165) is 6.07 Å². The highest BCUT2D eigenvalue weighted by Crippen LogP contribution is 2.39. The topological polar surface area (TPSA) is 46.5 Å². The number of carboxylic acid groups (broad SMARTS) is 1. The number of benzene rings is 1. The van der Waals surface area contributed by atoms with E-state index in [0.29, 0.717) is 0 Å². The van der Waals surface area contributed by atoms with E-state index >= 15 is 0 Å². The Balaban J connectivity index is 3.15. The van der Waals surface area contributed by atoms with Crippen LogP contribution in [0.25, 0.3) is 0 Å². The number of carbonyl (C=O) groups is 1. The average Bonchev–Trinajstić information content (AvgIpc) is 2.31. The van der Waals surface area contributed by atoms with Crippen molar-refractivity contribution in [3.8, 4) is 5.75 Å². The Kier molecular flexibility index (Phi) is 4.51. The Morgan fingerprint density at radius 1 is 1.56 bits per heavy atom. The molecule has 3 nitrogen and oxygen atoms in total. The lowest BCUT2D eigenvalue weighted by atomic mass is 10.1. The fourth-order valence-corrected chi connectivity index (χ4v) is 1.49. The van der Waals surface area contributed by atoms with Crippen LogP contribution < -0.4 is 4.74 Å². The molecule has 0 saturated carbocycles. The summed E-state index contributed by atoms with van der Waals surface area (Å²) in [5, 5.41) is 8.86. The number of hydrogen-bond acceptors (Lipinski definition) is 2. The van der Waals surface area contributed by atoms with Gasteiger partial charge >= 0.3 is 5.97 Å². The van der Waals surface area contributed by atoms with Gasteiger partial charge in [-0.15, -0.1) is 0 Å². The van der Waals surface area contributed by atoms with Gasteiger partial charge in [-0.1, -0.05) is 18.5 Å². The molecule has 0 aliphatic heterocycles. The van der Waals surface area contributed by atoms with Gasteiger partial charge in [-0.05, 0) is 25.1 Å². The molecule has 0 amide bonds. The molecule has 0 aromatic heterocycles. The number of aliphatic carboxylic acids is 1. The van der Waals surface area contributed by atoms with Gasteiger partial charge in [-0.25, -0.2) is 13.6 Å². The first-order chi connectivity index (χ1) is 8.27. The van der Waals surface area contributed by atoms with Gasteiger partial charge in [0.25, 0.3) is 5.92 Å². The minimum Gasteiger partial charge on any atom is -0.479 e. The normalized spacial score (nSPS) is 13.2. The van der Waals surface area contributed by atoms with E-state index in [4.69, 9.17) is 21.4 Å². The predicted octanol–water partition coefficient (Wildman–Crippen LogP) is 3.69. The molecule has 1 aromatic rings. The third-order valence-corrected chi connectivity index (χ3v) is 2.67. The second-order valence-electron chi connectivity index (χ2n) is 3.80. The number of carboxylic acids is 1. The van der Waals surface area contributed by atoms with Gasteiger partial charge in [0, 0.05) is 11.4 Å². The predicted molar refractivity (Wildman–Crippen MR) is 63.4 cm³/mol. The van der Waals surface area contributed by atoms with E-state index < -0.39 is 30.0 Å². The SMILES string of the molecule is CCC(F)(F)c1cc(Cl)ccc1O[C@@H](C)C(=O)O. The summed E-state index contributed by atoms with van der Waals surface area (Å²) in [5.41, 5.74) is -0.398. The second kappa shape index (κ2) is 5.52. The fraction of sp³-hybridized carbons (Fsp3) is 0.417. The molecule has 100 valence electrons. The Bertz CT molecular complexity index is 449. The molecule has 1 aromatic carbocycles. The van der Waals surface area contributed by atoms with Crippen LogP contribution in [0.2, 0.25) is 5.02 Å². The first-order valence-electron chi connectivity index (χ1n) is 5.35. The van der Waals surface area contributed by atoms with Gasteiger partial charge in [-0.3, -0.25) is 0 Å². The number of alkyl halides is 2. The van der Waals surface area contributed by atoms with Crippen molar-refractivity contribution in [2.75, 3.05) is 0 Å². The highest BCUT2D eigenvalue weighted by atomic mass is 35.5. The van der Waals surface area contributed by atoms with E-state index in [1.807, 2.05) is 0 Å². The zero-order valence-electron chi connectivity index (χ0n) is 9.91. The molecular formula is C12H13ClF2O3. The van der Waals surface area contributed by atoms with Gasteiger partial charge in [-0.2, -0.15) is 0 Å². The first kappa shape index (κ1) is 14.7. The molecule has 0 radical (unpaired) electrons. The minimum absolute atomic E-state index is 0.147. The van der Waals surface area contributed by atoms with Crippen molar-refractivity contribution in [1.82, 2.24) is 0 Å². The number of hydrogen-bond donors (Lipinski definition) is 1. The zero-order valence-corrected chi connectivity index (χ0v) is 10.7. The van der Waals surface area contributed by atoms with Gasteiger partial charge < -0.3 is 9.84 Å². The molecule has 0 unspecified atom stereocenters. The third-order valence-electron chi connectivity index (χ3n) is 2.43. The standard InChI is InChI=1S/C12H13ClF2O3/c1-3-12(14,15)9-6-8(13)4-5-10(9)18-7(2)11(16)17/h4-7H,3H2,1-2H3,(H,16,17)/t7-/m0/s1. The first-order valence-corrected chi connectivity index (χ1v) is 5.73. The zero-order chi connectivity index (χ0) is 13.9. The Morgan fingerprint density at radius 2 is 2.17 bits per heavy atom. The van der Waals surface area contributed by atoms with Crippen molar-refractivity contribution in [2.24, 2.45) is 0 Å². The Hall–Kier alpha value is -1.36. The number of ether oxygens (including phenoxy) is 1. The molecular weight excluding hydrogens is 266 g/mol. The van der Waals surface area contributed by atoms with E-state index in [1.54, 1.807) is 0 Å². The van der Waals surface area contributed by atoms with Crippen LogP contribution in [0, 0.1) is 0 Å². The smallest absolute Gasteiger partial charge is 0.344 e. The van der Waals surface area contributed by atoms with Gasteiger partial charge in [0.1, 0.15) is 5.75 Å².